The lowest BCUT2D eigenvalue weighted by atomic mass is 9.89. The number of rotatable bonds is 4. The largest absolute Gasteiger partial charge is 0.496 e. The maximum Gasteiger partial charge on any atom is 0.129 e. The molecule has 4 heteroatoms. The third-order valence-electron chi connectivity index (χ3n) is 6.24. The molecule has 0 saturated carbocycles. The zero-order valence-electron chi connectivity index (χ0n) is 18.4. The first-order valence-corrected chi connectivity index (χ1v) is 10.8. The molecule has 2 aliphatic rings. The fraction of sp³-hybridized carbons (Fsp3) is 0.259. The van der Waals surface area contributed by atoms with Crippen LogP contribution in [0.4, 0.5) is 15.8 Å². The first-order valence-electron chi connectivity index (χ1n) is 10.8. The molecule has 0 bridgehead atoms. The highest BCUT2D eigenvalue weighted by atomic mass is 19.1. The van der Waals surface area contributed by atoms with E-state index in [0.717, 1.165) is 29.8 Å². The average Bonchev–Trinajstić information content (AvgIpc) is 3.13. The highest BCUT2D eigenvalue weighted by molar-refractivity contribution is 5.97. The number of nitrogens with one attached hydrogen (secondary N) is 1. The monoisotopic (exact) mass is 414 g/mol. The average molecular weight is 415 g/mol. The summed E-state index contributed by atoms with van der Waals surface area (Å²) in [5.74, 6) is 0.258. The number of anilines is 2. The molecule has 2 aliphatic heterocycles. The molecule has 1 N–H and O–H groups in total. The van der Waals surface area contributed by atoms with Gasteiger partial charge in [-0.2, -0.15) is 0 Å². The van der Waals surface area contributed by atoms with Gasteiger partial charge in [0, 0.05) is 40.8 Å². The van der Waals surface area contributed by atoms with E-state index < -0.39 is 0 Å². The first kappa shape index (κ1) is 19.7. The van der Waals surface area contributed by atoms with Crippen molar-refractivity contribution >= 4 is 17.1 Å². The summed E-state index contributed by atoms with van der Waals surface area (Å²) in [6.07, 6.45) is 3.34. The number of methoxy groups -OCH3 is 1. The third kappa shape index (κ3) is 3.27. The quantitative estimate of drug-likeness (QED) is 0.519. The molecule has 0 amide bonds. The summed E-state index contributed by atoms with van der Waals surface area (Å²) in [4.78, 5) is 2.38. The molecule has 158 valence electrons. The van der Waals surface area contributed by atoms with E-state index in [9.17, 15) is 4.39 Å². The number of hydrogen-bond donors (Lipinski definition) is 1. The highest BCUT2D eigenvalue weighted by Gasteiger charge is 2.36. The molecule has 5 rings (SSSR count). The molecule has 0 unspecified atom stereocenters. The van der Waals surface area contributed by atoms with Gasteiger partial charge in [-0.15, -0.1) is 0 Å². The number of halogens is 1. The summed E-state index contributed by atoms with van der Waals surface area (Å²) >= 11 is 0. The van der Waals surface area contributed by atoms with Gasteiger partial charge in [-0.05, 0) is 73.4 Å². The fourth-order valence-electron chi connectivity index (χ4n) is 4.74. The number of aryl methyl sites for hydroxylation is 1. The Balaban J connectivity index is 1.69. The van der Waals surface area contributed by atoms with Crippen molar-refractivity contribution in [2.75, 3.05) is 17.3 Å². The number of nitrogens with zero attached hydrogens (tertiary/aromatic N) is 1. The van der Waals surface area contributed by atoms with Crippen molar-refractivity contribution in [3.63, 3.8) is 0 Å². The third-order valence-corrected chi connectivity index (χ3v) is 6.24. The smallest absolute Gasteiger partial charge is 0.129 e. The topological polar surface area (TPSA) is 24.5 Å². The van der Waals surface area contributed by atoms with Gasteiger partial charge in [0.05, 0.1) is 12.6 Å². The SMILES string of the molecule is CCc1ccc(N2Cc3c(-c4ccc(F)cc4OC)ccc4c3C2=CC(C)(C)N4)cc1. The second-order valence-corrected chi connectivity index (χ2v) is 8.84. The minimum absolute atomic E-state index is 0.152. The van der Waals surface area contributed by atoms with Crippen molar-refractivity contribution in [2.45, 2.75) is 39.3 Å². The van der Waals surface area contributed by atoms with E-state index in [1.54, 1.807) is 7.11 Å². The molecule has 3 aromatic carbocycles. The Hall–Kier alpha value is -3.27. The Bertz CT molecular complexity index is 1190. The molecular weight excluding hydrogens is 387 g/mol. The Labute approximate surface area is 183 Å². The predicted octanol–water partition coefficient (Wildman–Crippen LogP) is 6.63. The lowest BCUT2D eigenvalue weighted by molar-refractivity contribution is 0.413. The molecular formula is C27H27FN2O. The van der Waals surface area contributed by atoms with Gasteiger partial charge in [-0.25, -0.2) is 4.39 Å². The van der Waals surface area contributed by atoms with Crippen LogP contribution in [0, 0.1) is 5.82 Å². The lowest BCUT2D eigenvalue weighted by Gasteiger charge is -2.33. The van der Waals surface area contributed by atoms with E-state index in [2.05, 4.69) is 73.5 Å². The summed E-state index contributed by atoms with van der Waals surface area (Å²) in [5.41, 5.74) is 9.16. The molecule has 0 spiro atoms. The number of ether oxygens (including phenoxy) is 1. The maximum absolute atomic E-state index is 13.8. The summed E-state index contributed by atoms with van der Waals surface area (Å²) in [7, 11) is 1.59. The molecule has 0 fully saturated rings. The van der Waals surface area contributed by atoms with Crippen molar-refractivity contribution in [1.82, 2.24) is 0 Å². The fourth-order valence-corrected chi connectivity index (χ4v) is 4.74. The second-order valence-electron chi connectivity index (χ2n) is 8.84. The zero-order chi connectivity index (χ0) is 21.8. The van der Waals surface area contributed by atoms with Gasteiger partial charge in [-0.3, -0.25) is 0 Å². The van der Waals surface area contributed by atoms with Gasteiger partial charge in [0.15, 0.2) is 0 Å². The number of benzene rings is 3. The van der Waals surface area contributed by atoms with Crippen LogP contribution in [0.25, 0.3) is 16.8 Å². The Kier molecular flexibility index (Phi) is 4.54. The first-order chi connectivity index (χ1) is 14.9. The molecule has 3 nitrogen and oxygen atoms in total. The Morgan fingerprint density at radius 1 is 1.03 bits per heavy atom. The van der Waals surface area contributed by atoms with Crippen LogP contribution in [-0.4, -0.2) is 12.6 Å². The number of hydrogen-bond acceptors (Lipinski definition) is 3. The second kappa shape index (κ2) is 7.16. The Morgan fingerprint density at radius 3 is 2.48 bits per heavy atom. The van der Waals surface area contributed by atoms with Crippen molar-refractivity contribution in [3.8, 4) is 16.9 Å². The molecule has 0 aliphatic carbocycles. The molecule has 0 aromatic heterocycles. The summed E-state index contributed by atoms with van der Waals surface area (Å²) in [6, 6.07) is 17.8. The molecule has 3 aromatic rings. The van der Waals surface area contributed by atoms with Gasteiger partial charge in [0.25, 0.3) is 0 Å². The summed E-state index contributed by atoms with van der Waals surface area (Å²) in [5, 5.41) is 3.66. The van der Waals surface area contributed by atoms with Crippen molar-refractivity contribution in [3.05, 3.63) is 83.2 Å². The lowest BCUT2D eigenvalue weighted by Crippen LogP contribution is -2.33. The van der Waals surface area contributed by atoms with Crippen molar-refractivity contribution in [2.24, 2.45) is 0 Å². The van der Waals surface area contributed by atoms with Crippen LogP contribution in [0.1, 0.15) is 37.5 Å². The van der Waals surface area contributed by atoms with E-state index in [1.807, 2.05) is 6.07 Å². The summed E-state index contributed by atoms with van der Waals surface area (Å²) < 4.78 is 19.4. The van der Waals surface area contributed by atoms with Gasteiger partial charge in [-0.1, -0.05) is 25.1 Å². The van der Waals surface area contributed by atoms with Crippen molar-refractivity contribution in [1.29, 1.82) is 0 Å². The van der Waals surface area contributed by atoms with E-state index in [1.165, 1.54) is 40.2 Å². The van der Waals surface area contributed by atoms with E-state index in [0.29, 0.717) is 5.75 Å². The molecule has 0 atom stereocenters. The summed E-state index contributed by atoms with van der Waals surface area (Å²) in [6.45, 7) is 7.31. The van der Waals surface area contributed by atoms with Gasteiger partial charge < -0.3 is 15.0 Å². The van der Waals surface area contributed by atoms with E-state index in [4.69, 9.17) is 4.74 Å². The molecule has 31 heavy (non-hydrogen) atoms. The molecule has 0 saturated heterocycles. The van der Waals surface area contributed by atoms with Gasteiger partial charge in [0.1, 0.15) is 11.6 Å². The van der Waals surface area contributed by atoms with E-state index >= 15 is 0 Å². The van der Waals surface area contributed by atoms with Crippen LogP contribution in [0.3, 0.4) is 0 Å². The molecule has 2 heterocycles. The van der Waals surface area contributed by atoms with Gasteiger partial charge in [0.2, 0.25) is 0 Å². The standard InChI is InChI=1S/C27H27FN2O/c1-5-17-6-9-19(10-7-17)30-16-22-20(21-11-8-18(28)14-25(21)31-4)12-13-23-26(22)24(30)15-27(2,3)29-23/h6-15,29H,5,16H2,1-4H3. The highest BCUT2D eigenvalue weighted by Crippen LogP contribution is 2.49. The normalized spacial score (nSPS) is 15.9. The van der Waals surface area contributed by atoms with E-state index in [-0.39, 0.29) is 11.4 Å². The van der Waals surface area contributed by atoms with Crippen molar-refractivity contribution < 1.29 is 9.13 Å². The van der Waals surface area contributed by atoms with Crippen LogP contribution in [0.15, 0.2) is 60.7 Å². The molecule has 0 radical (unpaired) electrons. The maximum atomic E-state index is 13.8. The Morgan fingerprint density at radius 2 is 1.77 bits per heavy atom. The van der Waals surface area contributed by atoms with Crippen LogP contribution in [-0.2, 0) is 13.0 Å². The van der Waals surface area contributed by atoms with Crippen LogP contribution >= 0.6 is 0 Å². The minimum Gasteiger partial charge on any atom is -0.496 e. The van der Waals surface area contributed by atoms with Crippen LogP contribution < -0.4 is 15.0 Å². The predicted molar refractivity (Wildman–Crippen MR) is 126 cm³/mol. The van der Waals surface area contributed by atoms with Gasteiger partial charge >= 0.3 is 0 Å². The van der Waals surface area contributed by atoms with Crippen LogP contribution in [0.5, 0.6) is 5.75 Å². The minimum atomic E-state index is -0.295. The zero-order valence-corrected chi connectivity index (χ0v) is 18.4. The van der Waals surface area contributed by atoms with Crippen LogP contribution in [0.2, 0.25) is 0 Å².